The van der Waals surface area contributed by atoms with Gasteiger partial charge in [0.1, 0.15) is 5.76 Å². The number of allylic oxidation sites excluding steroid dienone is 1. The summed E-state index contributed by atoms with van der Waals surface area (Å²) in [4.78, 5) is 2.31. The Morgan fingerprint density at radius 1 is 1.29 bits per heavy atom. The summed E-state index contributed by atoms with van der Waals surface area (Å²) in [5, 5.41) is 9.97. The van der Waals surface area contributed by atoms with Crippen molar-refractivity contribution < 1.29 is 28.0 Å². The standard InChI is InChI=1S/C20H28NO6P/c1-13-14(2)26-28(23,25-13)27-16-7-8-20(9-10-21(3)19(20)12-16)15-5-6-17(22)18(11-15)24-4/h5-7,11,13-14,19,22H,8-10,12H2,1-4H3/t13?,14?,19-,20-,28?/m0/s1. The molecule has 7 nitrogen and oxygen atoms in total. The minimum absolute atomic E-state index is 0.102. The molecule has 2 unspecified atom stereocenters. The average Bonchev–Trinajstić information content (AvgIpc) is 3.12. The first-order valence-corrected chi connectivity index (χ1v) is 11.2. The maximum Gasteiger partial charge on any atom is 0.530 e. The quantitative estimate of drug-likeness (QED) is 0.754. The normalized spacial score (nSPS) is 38.1. The zero-order valence-electron chi connectivity index (χ0n) is 16.8. The highest BCUT2D eigenvalue weighted by molar-refractivity contribution is 7.48. The van der Waals surface area contributed by atoms with Gasteiger partial charge in [-0.2, -0.15) is 0 Å². The number of nitrogens with zero attached hydrogens (tertiary/aromatic N) is 1. The molecule has 0 spiro atoms. The van der Waals surface area contributed by atoms with Crippen molar-refractivity contribution in [3.8, 4) is 11.5 Å². The van der Waals surface area contributed by atoms with E-state index in [-0.39, 0.29) is 29.4 Å². The predicted molar refractivity (Wildman–Crippen MR) is 104 cm³/mol. The van der Waals surface area contributed by atoms with Gasteiger partial charge in [-0.25, -0.2) is 4.57 Å². The fourth-order valence-corrected chi connectivity index (χ4v) is 6.32. The maximum absolute atomic E-state index is 12.8. The van der Waals surface area contributed by atoms with Gasteiger partial charge in [-0.15, -0.1) is 0 Å². The highest BCUT2D eigenvalue weighted by atomic mass is 31.2. The number of phenolic OH excluding ortho intramolecular Hbond substituents is 1. The van der Waals surface area contributed by atoms with E-state index in [1.165, 1.54) is 0 Å². The Morgan fingerprint density at radius 3 is 2.68 bits per heavy atom. The summed E-state index contributed by atoms with van der Waals surface area (Å²) >= 11 is 0. The molecule has 0 aromatic heterocycles. The molecule has 2 fully saturated rings. The molecule has 0 bridgehead atoms. The summed E-state index contributed by atoms with van der Waals surface area (Å²) in [5.41, 5.74) is 1.03. The largest absolute Gasteiger partial charge is 0.530 e. The van der Waals surface area contributed by atoms with Crippen molar-refractivity contribution in [3.63, 3.8) is 0 Å². The predicted octanol–water partition coefficient (Wildman–Crippen LogP) is 3.97. The minimum Gasteiger partial charge on any atom is -0.504 e. The number of likely N-dealkylation sites (N-methyl/N-ethyl adjacent to an activating group) is 1. The zero-order chi connectivity index (χ0) is 20.1. The fraction of sp³-hybridized carbons (Fsp3) is 0.600. The molecule has 0 saturated carbocycles. The lowest BCUT2D eigenvalue weighted by molar-refractivity contribution is 0.171. The molecular formula is C20H28NO6P. The van der Waals surface area contributed by atoms with Crippen LogP contribution < -0.4 is 4.74 Å². The van der Waals surface area contributed by atoms with Gasteiger partial charge in [0.2, 0.25) is 0 Å². The molecule has 4 atom stereocenters. The second-order valence-corrected chi connectivity index (χ2v) is 9.53. The van der Waals surface area contributed by atoms with Crippen LogP contribution in [0.4, 0.5) is 0 Å². The first-order valence-electron chi connectivity index (χ1n) is 9.69. The molecule has 2 heterocycles. The van der Waals surface area contributed by atoms with Crippen molar-refractivity contribution >= 4 is 7.82 Å². The Kier molecular flexibility index (Phi) is 4.99. The van der Waals surface area contributed by atoms with Gasteiger partial charge < -0.3 is 19.3 Å². The van der Waals surface area contributed by atoms with E-state index in [0.717, 1.165) is 24.9 Å². The third kappa shape index (κ3) is 3.24. The molecular weight excluding hydrogens is 381 g/mol. The fourth-order valence-electron chi connectivity index (χ4n) is 4.59. The van der Waals surface area contributed by atoms with Crippen LogP contribution >= 0.6 is 7.82 Å². The highest BCUT2D eigenvalue weighted by Gasteiger charge is 2.51. The average molecular weight is 409 g/mol. The third-order valence-corrected chi connectivity index (χ3v) is 8.04. The van der Waals surface area contributed by atoms with Crippen molar-refractivity contribution in [3.05, 3.63) is 35.6 Å². The molecule has 1 aliphatic carbocycles. The van der Waals surface area contributed by atoms with Crippen LogP contribution in [0, 0.1) is 0 Å². The molecule has 28 heavy (non-hydrogen) atoms. The topological polar surface area (TPSA) is 77.5 Å². The van der Waals surface area contributed by atoms with Gasteiger partial charge >= 0.3 is 7.82 Å². The molecule has 0 amide bonds. The van der Waals surface area contributed by atoms with Crippen LogP contribution in [-0.4, -0.2) is 49.0 Å². The van der Waals surface area contributed by atoms with Gasteiger partial charge in [0.05, 0.1) is 19.3 Å². The molecule has 0 radical (unpaired) electrons. The van der Waals surface area contributed by atoms with E-state index < -0.39 is 7.82 Å². The van der Waals surface area contributed by atoms with Crippen LogP contribution in [0.3, 0.4) is 0 Å². The molecule has 1 N–H and O–H groups in total. The SMILES string of the molecule is COc1cc([C@@]23CC=C(OP4(=O)OC(C)C(C)O4)C[C@@H]2N(C)CC3)ccc1O. The molecule has 1 aromatic carbocycles. The van der Waals surface area contributed by atoms with Gasteiger partial charge in [0, 0.05) is 17.9 Å². The second kappa shape index (κ2) is 7.06. The number of hydrogen-bond acceptors (Lipinski definition) is 7. The Hall–Kier alpha value is -1.53. The van der Waals surface area contributed by atoms with E-state index >= 15 is 0 Å². The first-order chi connectivity index (χ1) is 13.3. The number of likely N-dealkylation sites (tertiary alicyclic amines) is 1. The number of benzene rings is 1. The molecule has 4 rings (SSSR count). The van der Waals surface area contributed by atoms with E-state index in [1.807, 2.05) is 32.1 Å². The zero-order valence-corrected chi connectivity index (χ0v) is 17.6. The van der Waals surface area contributed by atoms with Gasteiger partial charge in [0.25, 0.3) is 0 Å². The van der Waals surface area contributed by atoms with Crippen LogP contribution in [-0.2, 0) is 23.6 Å². The van der Waals surface area contributed by atoms with Crippen LogP contribution in [0.2, 0.25) is 0 Å². The molecule has 3 aliphatic rings. The van der Waals surface area contributed by atoms with Crippen molar-refractivity contribution in [2.75, 3.05) is 20.7 Å². The van der Waals surface area contributed by atoms with E-state index in [2.05, 4.69) is 11.9 Å². The number of phenols is 1. The smallest absolute Gasteiger partial charge is 0.504 e. The van der Waals surface area contributed by atoms with Crippen molar-refractivity contribution in [2.45, 2.75) is 56.8 Å². The summed E-state index contributed by atoms with van der Waals surface area (Å²) in [6.07, 6.45) is 3.86. The number of phosphoric ester groups is 1. The number of hydrogen-bond donors (Lipinski definition) is 1. The Morgan fingerprint density at radius 2 is 2.00 bits per heavy atom. The monoisotopic (exact) mass is 409 g/mol. The van der Waals surface area contributed by atoms with Gasteiger partial charge in [-0.3, -0.25) is 9.05 Å². The number of fused-ring (bicyclic) bond motifs is 1. The Labute approximate surface area is 165 Å². The van der Waals surface area contributed by atoms with Crippen LogP contribution in [0.25, 0.3) is 0 Å². The molecule has 2 saturated heterocycles. The van der Waals surface area contributed by atoms with Gasteiger partial charge in [0.15, 0.2) is 11.5 Å². The lowest BCUT2D eigenvalue weighted by Crippen LogP contribution is -2.43. The summed E-state index contributed by atoms with van der Waals surface area (Å²) in [6, 6.07) is 5.77. The number of aromatic hydroxyl groups is 1. The Balaban J connectivity index is 1.61. The molecule has 1 aromatic rings. The third-order valence-electron chi connectivity index (χ3n) is 6.40. The summed E-state index contributed by atoms with van der Waals surface area (Å²) in [5.74, 6) is 1.27. The second-order valence-electron chi connectivity index (χ2n) is 8.03. The minimum atomic E-state index is -3.56. The maximum atomic E-state index is 12.8. The first kappa shape index (κ1) is 19.8. The van der Waals surface area contributed by atoms with Gasteiger partial charge in [-0.05, 0) is 64.1 Å². The summed E-state index contributed by atoms with van der Waals surface area (Å²) < 4.78 is 34.8. The lowest BCUT2D eigenvalue weighted by Gasteiger charge is -2.41. The number of methoxy groups -OCH3 is 1. The molecule has 154 valence electrons. The van der Waals surface area contributed by atoms with E-state index in [1.54, 1.807) is 13.2 Å². The Bertz CT molecular complexity index is 828. The van der Waals surface area contributed by atoms with Crippen LogP contribution in [0.5, 0.6) is 11.5 Å². The molecule has 2 aliphatic heterocycles. The number of rotatable bonds is 4. The van der Waals surface area contributed by atoms with Crippen LogP contribution in [0.15, 0.2) is 30.0 Å². The van der Waals surface area contributed by atoms with E-state index in [4.69, 9.17) is 18.3 Å². The summed E-state index contributed by atoms with van der Waals surface area (Å²) in [6.45, 7) is 4.61. The van der Waals surface area contributed by atoms with Crippen molar-refractivity contribution in [2.24, 2.45) is 0 Å². The number of ether oxygens (including phenoxy) is 1. The van der Waals surface area contributed by atoms with Crippen LogP contribution in [0.1, 0.15) is 38.7 Å². The van der Waals surface area contributed by atoms with E-state index in [9.17, 15) is 9.67 Å². The summed E-state index contributed by atoms with van der Waals surface area (Å²) in [7, 11) is 0.0970. The van der Waals surface area contributed by atoms with Gasteiger partial charge in [-0.1, -0.05) is 6.07 Å². The van der Waals surface area contributed by atoms with Crippen molar-refractivity contribution in [1.82, 2.24) is 4.90 Å². The van der Waals surface area contributed by atoms with E-state index in [0.29, 0.717) is 17.9 Å². The lowest BCUT2D eigenvalue weighted by atomic mass is 9.68. The van der Waals surface area contributed by atoms with Crippen molar-refractivity contribution in [1.29, 1.82) is 0 Å². The number of phosphoric acid groups is 1. The highest BCUT2D eigenvalue weighted by Crippen LogP contribution is 2.60. The molecule has 8 heteroatoms.